The van der Waals surface area contributed by atoms with Crippen LogP contribution in [0.2, 0.25) is 0 Å². The molecular weight excluding hydrogens is 339 g/mol. The first-order valence-corrected chi connectivity index (χ1v) is 6.99. The van der Waals surface area contributed by atoms with Crippen molar-refractivity contribution in [1.82, 2.24) is 5.32 Å². The van der Waals surface area contributed by atoms with Crippen LogP contribution in [-0.4, -0.2) is 31.0 Å². The zero-order valence-electron chi connectivity index (χ0n) is 10.8. The predicted octanol–water partition coefficient (Wildman–Crippen LogP) is 2.77. The molecule has 0 fully saturated rings. The van der Waals surface area contributed by atoms with Crippen LogP contribution in [-0.2, 0) is 22.1 Å². The van der Waals surface area contributed by atoms with Gasteiger partial charge >= 0.3 is 6.18 Å². The number of alkyl halides is 4. The first-order chi connectivity index (χ1) is 9.36. The summed E-state index contributed by atoms with van der Waals surface area (Å²) in [5.41, 5.74) is -0.194. The molecule has 3 nitrogen and oxygen atoms in total. The van der Waals surface area contributed by atoms with E-state index in [1.54, 1.807) is 0 Å². The van der Waals surface area contributed by atoms with E-state index in [4.69, 9.17) is 4.74 Å². The highest BCUT2D eigenvalue weighted by molar-refractivity contribution is 9.09. The second-order valence-electron chi connectivity index (χ2n) is 4.25. The van der Waals surface area contributed by atoms with Crippen LogP contribution in [0.4, 0.5) is 13.2 Å². The molecule has 112 valence electrons. The normalized spacial score (nSPS) is 13.1. The molecule has 1 rings (SSSR count). The van der Waals surface area contributed by atoms with Gasteiger partial charge in [0.2, 0.25) is 5.91 Å². The van der Waals surface area contributed by atoms with E-state index in [9.17, 15) is 18.0 Å². The van der Waals surface area contributed by atoms with E-state index in [0.29, 0.717) is 17.5 Å². The Morgan fingerprint density at radius 3 is 2.40 bits per heavy atom. The SMILES string of the molecule is COCC(CBr)NC(=O)Cc1ccc(C(F)(F)F)cc1. The minimum atomic E-state index is -4.36. The summed E-state index contributed by atoms with van der Waals surface area (Å²) in [6, 6.07) is 4.39. The van der Waals surface area contributed by atoms with Gasteiger partial charge in [-0.2, -0.15) is 13.2 Å². The van der Waals surface area contributed by atoms with Crippen molar-refractivity contribution in [2.45, 2.75) is 18.6 Å². The van der Waals surface area contributed by atoms with Crippen LogP contribution in [0.5, 0.6) is 0 Å². The lowest BCUT2D eigenvalue weighted by Gasteiger charge is -2.15. The van der Waals surface area contributed by atoms with Gasteiger partial charge in [-0.05, 0) is 17.7 Å². The molecule has 0 bridgehead atoms. The number of benzene rings is 1. The topological polar surface area (TPSA) is 38.3 Å². The second-order valence-corrected chi connectivity index (χ2v) is 4.89. The van der Waals surface area contributed by atoms with Crippen molar-refractivity contribution in [3.8, 4) is 0 Å². The van der Waals surface area contributed by atoms with Crippen molar-refractivity contribution in [2.24, 2.45) is 0 Å². The molecule has 1 N–H and O–H groups in total. The van der Waals surface area contributed by atoms with Gasteiger partial charge < -0.3 is 10.1 Å². The molecule has 20 heavy (non-hydrogen) atoms. The molecule has 1 unspecified atom stereocenters. The molecule has 0 aliphatic rings. The van der Waals surface area contributed by atoms with E-state index < -0.39 is 11.7 Å². The summed E-state index contributed by atoms with van der Waals surface area (Å²) >= 11 is 3.24. The Bertz CT molecular complexity index is 434. The molecule has 0 aliphatic heterocycles. The molecule has 1 aromatic rings. The van der Waals surface area contributed by atoms with Crippen LogP contribution in [0.15, 0.2) is 24.3 Å². The molecule has 7 heteroatoms. The third kappa shape index (κ3) is 5.50. The van der Waals surface area contributed by atoms with E-state index in [2.05, 4.69) is 21.2 Å². The summed E-state index contributed by atoms with van der Waals surface area (Å²) in [5.74, 6) is -0.258. The van der Waals surface area contributed by atoms with Gasteiger partial charge in [0, 0.05) is 12.4 Å². The summed E-state index contributed by atoms with van der Waals surface area (Å²) in [6.07, 6.45) is -4.33. The molecule has 0 saturated carbocycles. The van der Waals surface area contributed by atoms with Crippen molar-refractivity contribution >= 4 is 21.8 Å². The zero-order valence-corrected chi connectivity index (χ0v) is 12.4. The Hall–Kier alpha value is -1.08. The second kappa shape index (κ2) is 7.64. The first kappa shape index (κ1) is 17.0. The molecule has 0 radical (unpaired) electrons. The molecule has 0 heterocycles. The Morgan fingerprint density at radius 2 is 1.95 bits per heavy atom. The van der Waals surface area contributed by atoms with Crippen molar-refractivity contribution < 1.29 is 22.7 Å². The monoisotopic (exact) mass is 353 g/mol. The molecule has 1 atom stereocenters. The quantitative estimate of drug-likeness (QED) is 0.798. The van der Waals surface area contributed by atoms with Crippen LogP contribution in [0.1, 0.15) is 11.1 Å². The van der Waals surface area contributed by atoms with Crippen molar-refractivity contribution in [3.63, 3.8) is 0 Å². The predicted molar refractivity (Wildman–Crippen MR) is 72.7 cm³/mol. The van der Waals surface area contributed by atoms with E-state index in [1.807, 2.05) is 0 Å². The summed E-state index contributed by atoms with van der Waals surface area (Å²) in [7, 11) is 1.53. The van der Waals surface area contributed by atoms with E-state index in [1.165, 1.54) is 19.2 Å². The van der Waals surface area contributed by atoms with Gasteiger partial charge in [-0.3, -0.25) is 4.79 Å². The van der Waals surface area contributed by atoms with Crippen LogP contribution in [0.25, 0.3) is 0 Å². The fourth-order valence-corrected chi connectivity index (χ4v) is 1.95. The minimum absolute atomic E-state index is 0.0331. The fourth-order valence-electron chi connectivity index (χ4n) is 1.60. The number of rotatable bonds is 6. The van der Waals surface area contributed by atoms with Gasteiger partial charge in [-0.25, -0.2) is 0 Å². The highest BCUT2D eigenvalue weighted by atomic mass is 79.9. The van der Waals surface area contributed by atoms with Gasteiger partial charge in [0.05, 0.1) is 24.6 Å². The number of methoxy groups -OCH3 is 1. The Kier molecular flexibility index (Phi) is 6.48. The van der Waals surface area contributed by atoms with Gasteiger partial charge in [0.25, 0.3) is 0 Å². The number of carbonyl (C=O) groups excluding carboxylic acids is 1. The molecule has 0 saturated heterocycles. The summed E-state index contributed by atoms with van der Waals surface area (Å²) in [6.45, 7) is 0.365. The number of amides is 1. The average molecular weight is 354 g/mol. The molecule has 0 spiro atoms. The summed E-state index contributed by atoms with van der Waals surface area (Å²) in [5, 5.41) is 3.27. The number of nitrogens with one attached hydrogen (secondary N) is 1. The Morgan fingerprint density at radius 1 is 1.35 bits per heavy atom. The van der Waals surface area contributed by atoms with Crippen LogP contribution in [0.3, 0.4) is 0 Å². The number of halogens is 4. The van der Waals surface area contributed by atoms with Crippen LogP contribution < -0.4 is 5.32 Å². The third-order valence-corrected chi connectivity index (χ3v) is 3.35. The van der Waals surface area contributed by atoms with E-state index in [-0.39, 0.29) is 18.4 Å². The lowest BCUT2D eigenvalue weighted by molar-refractivity contribution is -0.137. The molecule has 0 aromatic heterocycles. The third-order valence-electron chi connectivity index (χ3n) is 2.57. The maximum atomic E-state index is 12.4. The molecule has 1 aromatic carbocycles. The minimum Gasteiger partial charge on any atom is -0.383 e. The number of hydrogen-bond donors (Lipinski definition) is 1. The Balaban J connectivity index is 2.58. The number of ether oxygens (including phenoxy) is 1. The number of carbonyl (C=O) groups is 1. The highest BCUT2D eigenvalue weighted by Gasteiger charge is 2.29. The molecular formula is C13H15BrF3NO2. The van der Waals surface area contributed by atoms with E-state index in [0.717, 1.165) is 12.1 Å². The van der Waals surface area contributed by atoms with E-state index >= 15 is 0 Å². The Labute approximate surface area is 123 Å². The lowest BCUT2D eigenvalue weighted by Crippen LogP contribution is -2.40. The van der Waals surface area contributed by atoms with Crippen molar-refractivity contribution in [1.29, 1.82) is 0 Å². The standard InChI is InChI=1S/C13H15BrF3NO2/c1-20-8-11(7-14)18-12(19)6-9-2-4-10(5-3-9)13(15,16)17/h2-5,11H,6-8H2,1H3,(H,18,19). The first-order valence-electron chi connectivity index (χ1n) is 5.87. The highest BCUT2D eigenvalue weighted by Crippen LogP contribution is 2.29. The maximum absolute atomic E-state index is 12.4. The largest absolute Gasteiger partial charge is 0.416 e. The van der Waals surface area contributed by atoms with Gasteiger partial charge in [-0.15, -0.1) is 0 Å². The summed E-state index contributed by atoms with van der Waals surface area (Å²) in [4.78, 5) is 11.7. The van der Waals surface area contributed by atoms with Crippen LogP contribution >= 0.6 is 15.9 Å². The summed E-state index contributed by atoms with van der Waals surface area (Å²) < 4.78 is 42.1. The maximum Gasteiger partial charge on any atom is 0.416 e. The smallest absolute Gasteiger partial charge is 0.383 e. The van der Waals surface area contributed by atoms with Crippen molar-refractivity contribution in [2.75, 3.05) is 19.0 Å². The van der Waals surface area contributed by atoms with Gasteiger partial charge in [-0.1, -0.05) is 28.1 Å². The molecule has 1 amide bonds. The van der Waals surface area contributed by atoms with Crippen molar-refractivity contribution in [3.05, 3.63) is 35.4 Å². The molecule has 0 aliphatic carbocycles. The lowest BCUT2D eigenvalue weighted by atomic mass is 10.1. The van der Waals surface area contributed by atoms with Crippen LogP contribution in [0, 0.1) is 0 Å². The fraction of sp³-hybridized carbons (Fsp3) is 0.462. The average Bonchev–Trinajstić information content (AvgIpc) is 2.37. The zero-order chi connectivity index (χ0) is 15.2. The number of hydrogen-bond acceptors (Lipinski definition) is 2. The van der Waals surface area contributed by atoms with Gasteiger partial charge in [0.15, 0.2) is 0 Å². The van der Waals surface area contributed by atoms with Gasteiger partial charge in [0.1, 0.15) is 0 Å².